The van der Waals surface area contributed by atoms with Gasteiger partial charge in [-0.15, -0.1) is 0 Å². The number of carbonyl (C=O) groups is 2. The van der Waals surface area contributed by atoms with Gasteiger partial charge >= 0.3 is 12.0 Å². The van der Waals surface area contributed by atoms with E-state index < -0.39 is 5.97 Å². The third-order valence-electron chi connectivity index (χ3n) is 4.10. The van der Waals surface area contributed by atoms with E-state index in [0.717, 1.165) is 35.3 Å². The van der Waals surface area contributed by atoms with Gasteiger partial charge in [-0.05, 0) is 37.5 Å². The number of nitrogens with one attached hydrogen (secondary N) is 2. The number of likely N-dealkylation sites (tertiary alicyclic amines) is 1. The van der Waals surface area contributed by atoms with E-state index in [1.54, 1.807) is 4.90 Å². The van der Waals surface area contributed by atoms with Crippen LogP contribution in [0.3, 0.4) is 0 Å². The van der Waals surface area contributed by atoms with Gasteiger partial charge < -0.3 is 20.3 Å². The first kappa shape index (κ1) is 15.3. The number of carboxylic acid groups (broad SMARTS) is 1. The fraction of sp³-hybridized carbons (Fsp3) is 0.438. The summed E-state index contributed by atoms with van der Waals surface area (Å²) in [7, 11) is 0. The lowest BCUT2D eigenvalue weighted by Crippen LogP contribution is -2.40. The number of hydrogen-bond acceptors (Lipinski definition) is 3. The smallest absolute Gasteiger partial charge is 0.318 e. The second-order valence-electron chi connectivity index (χ2n) is 5.87. The van der Waals surface area contributed by atoms with Gasteiger partial charge in [-0.25, -0.2) is 9.78 Å². The van der Waals surface area contributed by atoms with Crippen LogP contribution < -0.4 is 5.32 Å². The van der Waals surface area contributed by atoms with Gasteiger partial charge in [-0.2, -0.15) is 0 Å². The molecule has 23 heavy (non-hydrogen) atoms. The van der Waals surface area contributed by atoms with Gasteiger partial charge in [-0.3, -0.25) is 4.79 Å². The zero-order chi connectivity index (χ0) is 16.4. The number of imidazole rings is 1. The second kappa shape index (κ2) is 6.28. The zero-order valence-corrected chi connectivity index (χ0v) is 13.0. The molecule has 1 fully saturated rings. The Morgan fingerprint density at radius 1 is 1.48 bits per heavy atom. The molecule has 3 rings (SSSR count). The molecular formula is C16H20N4O3. The molecule has 2 aromatic rings. The molecule has 1 aliphatic rings. The van der Waals surface area contributed by atoms with Crippen molar-refractivity contribution < 1.29 is 14.7 Å². The van der Waals surface area contributed by atoms with Gasteiger partial charge in [0.25, 0.3) is 0 Å². The Morgan fingerprint density at radius 2 is 2.30 bits per heavy atom. The molecule has 1 saturated heterocycles. The monoisotopic (exact) mass is 316 g/mol. The van der Waals surface area contributed by atoms with Crippen LogP contribution in [0.5, 0.6) is 0 Å². The number of carbonyl (C=O) groups excluding carboxylic acids is 1. The van der Waals surface area contributed by atoms with E-state index in [9.17, 15) is 9.59 Å². The third-order valence-corrected chi connectivity index (χ3v) is 4.10. The number of carboxylic acids is 1. The molecule has 1 aromatic carbocycles. The highest BCUT2D eigenvalue weighted by atomic mass is 16.4. The molecule has 0 aliphatic carbocycles. The van der Waals surface area contributed by atoms with Crippen molar-refractivity contribution >= 4 is 23.0 Å². The quantitative estimate of drug-likeness (QED) is 0.805. The van der Waals surface area contributed by atoms with Crippen molar-refractivity contribution in [1.82, 2.24) is 20.2 Å². The summed E-state index contributed by atoms with van der Waals surface area (Å²) >= 11 is 0. The molecule has 1 unspecified atom stereocenters. The first-order valence-corrected chi connectivity index (χ1v) is 7.77. The zero-order valence-electron chi connectivity index (χ0n) is 13.0. The molecule has 1 aliphatic heterocycles. The van der Waals surface area contributed by atoms with Crippen LogP contribution >= 0.6 is 0 Å². The van der Waals surface area contributed by atoms with Crippen LogP contribution in [-0.2, 0) is 4.79 Å². The van der Waals surface area contributed by atoms with Gasteiger partial charge in [-0.1, -0.05) is 6.07 Å². The number of aromatic amines is 1. The molecule has 0 spiro atoms. The minimum atomic E-state index is -0.920. The first-order chi connectivity index (χ1) is 11.0. The topological polar surface area (TPSA) is 98.3 Å². The number of nitrogens with zero attached hydrogens (tertiary/aromatic N) is 2. The predicted octanol–water partition coefficient (Wildman–Crippen LogP) is 2.19. The fourth-order valence-electron chi connectivity index (χ4n) is 2.97. The number of aryl methyl sites for hydroxylation is 1. The normalized spacial score (nSPS) is 17.6. The van der Waals surface area contributed by atoms with E-state index in [2.05, 4.69) is 15.3 Å². The number of aliphatic carboxylic acids is 1. The predicted molar refractivity (Wildman–Crippen MR) is 85.2 cm³/mol. The molecule has 0 bridgehead atoms. The van der Waals surface area contributed by atoms with E-state index in [4.69, 9.17) is 5.11 Å². The molecule has 2 heterocycles. The summed E-state index contributed by atoms with van der Waals surface area (Å²) in [6, 6.07) is 5.70. The number of aromatic nitrogens is 2. The largest absolute Gasteiger partial charge is 0.481 e. The van der Waals surface area contributed by atoms with Crippen molar-refractivity contribution in [3.8, 4) is 0 Å². The van der Waals surface area contributed by atoms with Crippen LogP contribution in [-0.4, -0.2) is 45.1 Å². The molecule has 2 amide bonds. The maximum absolute atomic E-state index is 12.3. The number of H-pyrrole nitrogens is 1. The lowest BCUT2D eigenvalue weighted by molar-refractivity contribution is -0.136. The molecule has 1 aromatic heterocycles. The second-order valence-corrected chi connectivity index (χ2v) is 5.87. The Balaban J connectivity index is 1.74. The van der Waals surface area contributed by atoms with E-state index in [1.807, 2.05) is 25.1 Å². The van der Waals surface area contributed by atoms with E-state index >= 15 is 0 Å². The minimum Gasteiger partial charge on any atom is -0.481 e. The van der Waals surface area contributed by atoms with Gasteiger partial charge in [0.15, 0.2) is 0 Å². The maximum Gasteiger partial charge on any atom is 0.318 e. The van der Waals surface area contributed by atoms with Crippen molar-refractivity contribution in [3.63, 3.8) is 0 Å². The van der Waals surface area contributed by atoms with Crippen molar-refractivity contribution in [1.29, 1.82) is 0 Å². The molecule has 0 radical (unpaired) electrons. The van der Waals surface area contributed by atoms with Crippen molar-refractivity contribution in [2.75, 3.05) is 13.1 Å². The number of benzene rings is 1. The van der Waals surface area contributed by atoms with E-state index in [-0.39, 0.29) is 25.0 Å². The summed E-state index contributed by atoms with van der Waals surface area (Å²) in [5, 5.41) is 11.3. The van der Waals surface area contributed by atoms with Crippen molar-refractivity contribution in [2.45, 2.75) is 32.2 Å². The number of amides is 2. The van der Waals surface area contributed by atoms with Crippen molar-refractivity contribution in [3.05, 3.63) is 29.6 Å². The van der Waals surface area contributed by atoms with Crippen LogP contribution in [0.4, 0.5) is 4.79 Å². The van der Waals surface area contributed by atoms with Gasteiger partial charge in [0.1, 0.15) is 5.82 Å². The van der Waals surface area contributed by atoms with Crippen LogP contribution in [0, 0.1) is 6.92 Å². The molecule has 7 nitrogen and oxygen atoms in total. The van der Waals surface area contributed by atoms with Crippen LogP contribution in [0.1, 0.15) is 36.7 Å². The molecule has 7 heteroatoms. The fourth-order valence-corrected chi connectivity index (χ4v) is 2.97. The number of rotatable bonds is 4. The van der Waals surface area contributed by atoms with Gasteiger partial charge in [0, 0.05) is 13.1 Å². The Bertz CT molecular complexity index is 740. The standard InChI is InChI=1S/C16H20N4O3/c1-10-4-5-11-12(9-10)19-15(18-11)13-3-2-8-20(13)16(23)17-7-6-14(21)22/h4-5,9,13H,2-3,6-8H2,1H3,(H,17,23)(H,18,19)(H,21,22). The molecule has 0 saturated carbocycles. The minimum absolute atomic E-state index is 0.0752. The van der Waals surface area contributed by atoms with Crippen LogP contribution in [0.15, 0.2) is 18.2 Å². The molecule has 122 valence electrons. The summed E-state index contributed by atoms with van der Waals surface area (Å²) < 4.78 is 0. The Morgan fingerprint density at radius 3 is 3.09 bits per heavy atom. The van der Waals surface area contributed by atoms with E-state index in [1.165, 1.54) is 0 Å². The Kier molecular flexibility index (Phi) is 4.18. The average molecular weight is 316 g/mol. The lowest BCUT2D eigenvalue weighted by Gasteiger charge is -2.23. The Hall–Kier alpha value is -2.57. The number of fused-ring (bicyclic) bond motifs is 1. The molecule has 1 atom stereocenters. The SMILES string of the molecule is Cc1ccc2nc(C3CCCN3C(=O)NCCC(=O)O)[nH]c2c1. The third kappa shape index (κ3) is 3.28. The summed E-state index contributed by atoms with van der Waals surface area (Å²) in [5.74, 6) is -0.132. The van der Waals surface area contributed by atoms with Crippen LogP contribution in [0.25, 0.3) is 11.0 Å². The lowest BCUT2D eigenvalue weighted by atomic mass is 10.2. The highest BCUT2D eigenvalue weighted by Crippen LogP contribution is 2.31. The first-order valence-electron chi connectivity index (χ1n) is 7.77. The number of hydrogen-bond donors (Lipinski definition) is 3. The number of urea groups is 1. The maximum atomic E-state index is 12.3. The van der Waals surface area contributed by atoms with Crippen LogP contribution in [0.2, 0.25) is 0 Å². The molecular weight excluding hydrogens is 296 g/mol. The summed E-state index contributed by atoms with van der Waals surface area (Å²) in [6.07, 6.45) is 1.69. The Labute approximate surface area is 133 Å². The summed E-state index contributed by atoms with van der Waals surface area (Å²) in [4.78, 5) is 32.4. The van der Waals surface area contributed by atoms with Gasteiger partial charge in [0.05, 0.1) is 23.5 Å². The van der Waals surface area contributed by atoms with E-state index in [0.29, 0.717) is 6.54 Å². The summed E-state index contributed by atoms with van der Waals surface area (Å²) in [6.45, 7) is 2.81. The highest BCUT2D eigenvalue weighted by molar-refractivity contribution is 5.78. The highest BCUT2D eigenvalue weighted by Gasteiger charge is 2.32. The van der Waals surface area contributed by atoms with Crippen molar-refractivity contribution in [2.24, 2.45) is 0 Å². The molecule has 3 N–H and O–H groups in total. The van der Waals surface area contributed by atoms with Gasteiger partial charge in [0.2, 0.25) is 0 Å². The average Bonchev–Trinajstić information content (AvgIpc) is 3.12. The summed E-state index contributed by atoms with van der Waals surface area (Å²) in [5.41, 5.74) is 3.02.